The van der Waals surface area contributed by atoms with Crippen LogP contribution in [-0.2, 0) is 6.42 Å². The van der Waals surface area contributed by atoms with Gasteiger partial charge in [0.2, 0.25) is 0 Å². The SMILES string of the molecule is Cc1cc([C@@H]2CCCCN2CCCc2cccnc2)no1. The molecule has 0 aromatic carbocycles. The molecule has 3 rings (SSSR count). The first kappa shape index (κ1) is 14.3. The Hall–Kier alpha value is -1.68. The maximum atomic E-state index is 5.25. The van der Waals surface area contributed by atoms with Crippen LogP contribution < -0.4 is 0 Å². The average Bonchev–Trinajstić information content (AvgIpc) is 2.95. The molecular formula is C17H23N3O. The summed E-state index contributed by atoms with van der Waals surface area (Å²) in [6.07, 6.45) is 9.83. The normalized spacial score (nSPS) is 19.8. The van der Waals surface area contributed by atoms with Crippen LogP contribution in [0.5, 0.6) is 0 Å². The highest BCUT2D eigenvalue weighted by molar-refractivity contribution is 5.10. The average molecular weight is 285 g/mol. The number of hydrogen-bond donors (Lipinski definition) is 0. The molecule has 1 saturated heterocycles. The van der Waals surface area contributed by atoms with Gasteiger partial charge in [0.25, 0.3) is 0 Å². The van der Waals surface area contributed by atoms with Crippen LogP contribution in [-0.4, -0.2) is 28.1 Å². The Morgan fingerprint density at radius 2 is 2.33 bits per heavy atom. The zero-order chi connectivity index (χ0) is 14.5. The molecule has 0 N–H and O–H groups in total. The molecule has 1 atom stereocenters. The Labute approximate surface area is 126 Å². The fourth-order valence-electron chi connectivity index (χ4n) is 3.17. The number of piperidine rings is 1. The van der Waals surface area contributed by atoms with E-state index >= 15 is 0 Å². The number of nitrogens with zero attached hydrogens (tertiary/aromatic N) is 3. The van der Waals surface area contributed by atoms with Crippen molar-refractivity contribution in [1.82, 2.24) is 15.0 Å². The standard InChI is InChI=1S/C17H23N3O/c1-14-12-16(19-21-14)17-8-2-3-10-20(17)11-5-7-15-6-4-9-18-13-15/h4,6,9,12-13,17H,2-3,5,7-8,10-11H2,1H3/t17-/m0/s1. The maximum absolute atomic E-state index is 5.25. The van der Waals surface area contributed by atoms with Crippen LogP contribution >= 0.6 is 0 Å². The zero-order valence-electron chi connectivity index (χ0n) is 12.7. The van der Waals surface area contributed by atoms with Gasteiger partial charge < -0.3 is 4.52 Å². The molecule has 3 heterocycles. The topological polar surface area (TPSA) is 42.2 Å². The molecule has 0 unspecified atom stereocenters. The molecule has 0 saturated carbocycles. The van der Waals surface area contributed by atoms with Crippen molar-refractivity contribution in [3.63, 3.8) is 0 Å². The van der Waals surface area contributed by atoms with Crippen molar-refractivity contribution in [2.45, 2.75) is 45.1 Å². The summed E-state index contributed by atoms with van der Waals surface area (Å²) >= 11 is 0. The molecule has 1 fully saturated rings. The Kier molecular flexibility index (Phi) is 4.65. The van der Waals surface area contributed by atoms with Crippen molar-refractivity contribution in [1.29, 1.82) is 0 Å². The predicted molar refractivity (Wildman–Crippen MR) is 82.0 cm³/mol. The maximum Gasteiger partial charge on any atom is 0.133 e. The second-order valence-electron chi connectivity index (χ2n) is 5.87. The molecule has 2 aromatic rings. The lowest BCUT2D eigenvalue weighted by Crippen LogP contribution is -2.34. The van der Waals surface area contributed by atoms with Gasteiger partial charge in [-0.15, -0.1) is 0 Å². The van der Waals surface area contributed by atoms with Crippen LogP contribution in [0.3, 0.4) is 0 Å². The van der Waals surface area contributed by atoms with Gasteiger partial charge in [-0.2, -0.15) is 0 Å². The number of pyridine rings is 1. The minimum Gasteiger partial charge on any atom is -0.361 e. The van der Waals surface area contributed by atoms with Crippen LogP contribution in [0, 0.1) is 6.92 Å². The first-order valence-corrected chi connectivity index (χ1v) is 7.89. The van der Waals surface area contributed by atoms with Gasteiger partial charge in [-0.25, -0.2) is 0 Å². The van der Waals surface area contributed by atoms with Crippen molar-refractivity contribution in [2.75, 3.05) is 13.1 Å². The highest BCUT2D eigenvalue weighted by Gasteiger charge is 2.25. The summed E-state index contributed by atoms with van der Waals surface area (Å²) in [4.78, 5) is 6.75. The minimum atomic E-state index is 0.435. The van der Waals surface area contributed by atoms with Crippen molar-refractivity contribution in [2.24, 2.45) is 0 Å². The third-order valence-corrected chi connectivity index (χ3v) is 4.23. The summed E-state index contributed by atoms with van der Waals surface area (Å²) in [6, 6.07) is 6.69. The number of likely N-dealkylation sites (tertiary alicyclic amines) is 1. The van der Waals surface area contributed by atoms with E-state index in [1.807, 2.05) is 25.4 Å². The van der Waals surface area contributed by atoms with Crippen LogP contribution in [0.25, 0.3) is 0 Å². The molecule has 112 valence electrons. The van der Waals surface area contributed by atoms with E-state index in [1.165, 1.54) is 37.8 Å². The number of aryl methyl sites for hydroxylation is 2. The van der Waals surface area contributed by atoms with E-state index in [1.54, 1.807) is 0 Å². The zero-order valence-corrected chi connectivity index (χ0v) is 12.7. The minimum absolute atomic E-state index is 0.435. The molecule has 4 heteroatoms. The van der Waals surface area contributed by atoms with Crippen LogP contribution in [0.4, 0.5) is 0 Å². The Bertz CT molecular complexity index is 552. The largest absolute Gasteiger partial charge is 0.361 e. The van der Waals surface area contributed by atoms with Crippen molar-refractivity contribution < 1.29 is 4.52 Å². The number of rotatable bonds is 5. The quantitative estimate of drug-likeness (QED) is 0.842. The number of aromatic nitrogens is 2. The second kappa shape index (κ2) is 6.85. The summed E-state index contributed by atoms with van der Waals surface area (Å²) in [5.74, 6) is 0.908. The van der Waals surface area contributed by atoms with E-state index in [4.69, 9.17) is 4.52 Å². The third kappa shape index (κ3) is 3.70. The lowest BCUT2D eigenvalue weighted by Gasteiger charge is -2.34. The van der Waals surface area contributed by atoms with Gasteiger partial charge in [-0.05, 0) is 57.3 Å². The fourth-order valence-corrected chi connectivity index (χ4v) is 3.17. The monoisotopic (exact) mass is 285 g/mol. The Balaban J connectivity index is 1.57. The lowest BCUT2D eigenvalue weighted by atomic mass is 9.98. The molecule has 0 aliphatic carbocycles. The van der Waals surface area contributed by atoms with Crippen LogP contribution in [0.2, 0.25) is 0 Å². The lowest BCUT2D eigenvalue weighted by molar-refractivity contribution is 0.140. The van der Waals surface area contributed by atoms with Crippen molar-refractivity contribution >= 4 is 0 Å². The van der Waals surface area contributed by atoms with Crippen molar-refractivity contribution in [3.05, 3.63) is 47.6 Å². The van der Waals surface area contributed by atoms with Gasteiger partial charge in [0.15, 0.2) is 0 Å². The smallest absolute Gasteiger partial charge is 0.133 e. The molecule has 1 aliphatic heterocycles. The highest BCUT2D eigenvalue weighted by atomic mass is 16.5. The summed E-state index contributed by atoms with van der Waals surface area (Å²) in [5, 5.41) is 4.23. The van der Waals surface area contributed by atoms with E-state index < -0.39 is 0 Å². The molecule has 2 aromatic heterocycles. The number of hydrogen-bond acceptors (Lipinski definition) is 4. The van der Waals surface area contributed by atoms with Gasteiger partial charge in [0.05, 0.1) is 6.04 Å². The highest BCUT2D eigenvalue weighted by Crippen LogP contribution is 2.30. The van der Waals surface area contributed by atoms with Crippen LogP contribution in [0.1, 0.15) is 48.7 Å². The molecule has 4 nitrogen and oxygen atoms in total. The van der Waals surface area contributed by atoms with Gasteiger partial charge in [0.1, 0.15) is 11.5 Å². The molecule has 0 spiro atoms. The van der Waals surface area contributed by atoms with E-state index in [0.29, 0.717) is 6.04 Å². The fraction of sp³-hybridized carbons (Fsp3) is 0.529. The molecule has 21 heavy (non-hydrogen) atoms. The summed E-state index contributed by atoms with van der Waals surface area (Å²) in [5.41, 5.74) is 2.43. The van der Waals surface area contributed by atoms with E-state index in [-0.39, 0.29) is 0 Å². The van der Waals surface area contributed by atoms with Gasteiger partial charge in [-0.1, -0.05) is 17.6 Å². The first-order chi connectivity index (χ1) is 10.3. The molecule has 0 bridgehead atoms. The van der Waals surface area contributed by atoms with Crippen molar-refractivity contribution in [3.8, 4) is 0 Å². The van der Waals surface area contributed by atoms with E-state index in [0.717, 1.165) is 24.4 Å². The second-order valence-corrected chi connectivity index (χ2v) is 5.87. The summed E-state index contributed by atoms with van der Waals surface area (Å²) in [7, 11) is 0. The summed E-state index contributed by atoms with van der Waals surface area (Å²) in [6.45, 7) is 4.25. The van der Waals surface area contributed by atoms with Gasteiger partial charge >= 0.3 is 0 Å². The molecular weight excluding hydrogens is 262 g/mol. The van der Waals surface area contributed by atoms with Crippen LogP contribution in [0.15, 0.2) is 35.1 Å². The predicted octanol–water partition coefficient (Wildman–Crippen LogP) is 3.54. The van der Waals surface area contributed by atoms with Gasteiger partial charge in [-0.3, -0.25) is 9.88 Å². The van der Waals surface area contributed by atoms with Gasteiger partial charge in [0, 0.05) is 18.5 Å². The van der Waals surface area contributed by atoms with E-state index in [2.05, 4.69) is 27.2 Å². The van der Waals surface area contributed by atoms with E-state index in [9.17, 15) is 0 Å². The molecule has 1 aliphatic rings. The third-order valence-electron chi connectivity index (χ3n) is 4.23. The Morgan fingerprint density at radius 1 is 1.38 bits per heavy atom. The first-order valence-electron chi connectivity index (χ1n) is 7.89. The summed E-state index contributed by atoms with van der Waals surface area (Å²) < 4.78 is 5.25. The molecule has 0 amide bonds. The molecule has 0 radical (unpaired) electrons. The Morgan fingerprint density at radius 3 is 3.10 bits per heavy atom.